The standard InChI is InChI=1S/C27H42N3O3/c1-5-17-18-12-21-24-27(19-10-8-9-11-20(19)28(24)4)13-22(23(18)25(27)32)30(21,26(17)33)15-16(31)14-29(6-2)7-3/h8-11,16-18,21-26,31-33H,5-7,12-15H2,1-4H3/q+1/t16-,17-,18+,21+,22+,23-,24+,25-,26-,27-,30+/m1/s1. The van der Waals surface area contributed by atoms with E-state index in [4.69, 9.17) is 0 Å². The Morgan fingerprint density at radius 1 is 1.15 bits per heavy atom. The number of hydrogen-bond acceptors (Lipinski definition) is 5. The van der Waals surface area contributed by atoms with E-state index >= 15 is 0 Å². The summed E-state index contributed by atoms with van der Waals surface area (Å²) in [5.74, 6) is 0.785. The highest BCUT2D eigenvalue weighted by Crippen LogP contribution is 2.71. The van der Waals surface area contributed by atoms with Gasteiger partial charge in [0.25, 0.3) is 0 Å². The molecule has 3 N–H and O–H groups in total. The normalized spacial score (nSPS) is 47.3. The van der Waals surface area contributed by atoms with E-state index in [1.807, 2.05) is 0 Å². The summed E-state index contributed by atoms with van der Waals surface area (Å²) < 4.78 is 0.601. The first-order chi connectivity index (χ1) is 15.9. The molecule has 5 heterocycles. The van der Waals surface area contributed by atoms with Gasteiger partial charge in [0.2, 0.25) is 0 Å². The van der Waals surface area contributed by atoms with E-state index in [0.29, 0.717) is 23.5 Å². The van der Waals surface area contributed by atoms with Crippen LogP contribution in [0.1, 0.15) is 45.6 Å². The predicted molar refractivity (Wildman–Crippen MR) is 129 cm³/mol. The van der Waals surface area contributed by atoms with E-state index in [2.05, 4.69) is 61.9 Å². The molecule has 1 aromatic carbocycles. The van der Waals surface area contributed by atoms with Crippen LogP contribution in [0.2, 0.25) is 0 Å². The summed E-state index contributed by atoms with van der Waals surface area (Å²) in [5, 5.41) is 35.5. The Balaban J connectivity index is 1.48. The zero-order valence-corrected chi connectivity index (χ0v) is 20.6. The van der Waals surface area contributed by atoms with Crippen molar-refractivity contribution in [2.24, 2.45) is 17.8 Å². The molecule has 1 spiro atoms. The number of benzene rings is 1. The Morgan fingerprint density at radius 2 is 1.88 bits per heavy atom. The zero-order valence-electron chi connectivity index (χ0n) is 20.6. The number of para-hydroxylation sites is 1. The second-order valence-electron chi connectivity index (χ2n) is 11.7. The number of aliphatic hydroxyl groups is 3. The summed E-state index contributed by atoms with van der Waals surface area (Å²) in [6.45, 7) is 9.58. The van der Waals surface area contributed by atoms with Crippen LogP contribution in [0.25, 0.3) is 0 Å². The molecule has 1 aromatic rings. The topological polar surface area (TPSA) is 67.2 Å². The van der Waals surface area contributed by atoms with Crippen molar-refractivity contribution in [3.8, 4) is 0 Å². The highest BCUT2D eigenvalue weighted by molar-refractivity contribution is 5.66. The minimum atomic E-state index is -0.478. The van der Waals surface area contributed by atoms with Gasteiger partial charge in [0, 0.05) is 44.0 Å². The van der Waals surface area contributed by atoms with Crippen molar-refractivity contribution in [1.82, 2.24) is 4.90 Å². The second-order valence-corrected chi connectivity index (χ2v) is 11.7. The number of likely N-dealkylation sites (N-methyl/N-ethyl adjacent to an activating group) is 2. The first-order valence-electron chi connectivity index (χ1n) is 13.3. The highest BCUT2D eigenvalue weighted by Gasteiger charge is 2.83. The summed E-state index contributed by atoms with van der Waals surface area (Å²) >= 11 is 0. The lowest BCUT2D eigenvalue weighted by atomic mass is 9.60. The van der Waals surface area contributed by atoms with Crippen LogP contribution in [0.4, 0.5) is 5.69 Å². The third-order valence-electron chi connectivity index (χ3n) is 11.0. The lowest BCUT2D eigenvalue weighted by molar-refractivity contribution is -1.04. The summed E-state index contributed by atoms with van der Waals surface area (Å²) in [6.07, 6.45) is 1.60. The van der Waals surface area contributed by atoms with Crippen molar-refractivity contribution in [1.29, 1.82) is 0 Å². The second kappa shape index (κ2) is 7.41. The van der Waals surface area contributed by atoms with Gasteiger partial charge in [-0.25, -0.2) is 0 Å². The van der Waals surface area contributed by atoms with Crippen LogP contribution >= 0.6 is 0 Å². The summed E-state index contributed by atoms with van der Waals surface area (Å²) in [6, 6.07) is 9.31. The molecule has 182 valence electrons. The first kappa shape index (κ1) is 22.3. The van der Waals surface area contributed by atoms with Crippen LogP contribution in [0.3, 0.4) is 0 Å². The molecular formula is C27H42N3O3+. The predicted octanol–water partition coefficient (Wildman–Crippen LogP) is 1.77. The molecule has 5 bridgehead atoms. The molecule has 0 amide bonds. The number of piperidine rings is 4. The largest absolute Gasteiger partial charge is 0.392 e. The third kappa shape index (κ3) is 2.47. The van der Waals surface area contributed by atoms with Gasteiger partial charge in [0.05, 0.1) is 23.6 Å². The van der Waals surface area contributed by atoms with Crippen molar-refractivity contribution in [3.63, 3.8) is 0 Å². The highest BCUT2D eigenvalue weighted by atomic mass is 16.3. The maximum atomic E-state index is 12.1. The lowest BCUT2D eigenvalue weighted by Gasteiger charge is -2.68. The van der Waals surface area contributed by atoms with Crippen molar-refractivity contribution >= 4 is 5.69 Å². The number of aliphatic hydroxyl groups excluding tert-OH is 3. The van der Waals surface area contributed by atoms with Crippen LogP contribution in [-0.2, 0) is 5.41 Å². The molecule has 6 nitrogen and oxygen atoms in total. The van der Waals surface area contributed by atoms with E-state index < -0.39 is 12.3 Å². The van der Waals surface area contributed by atoms with Gasteiger partial charge in [-0.2, -0.15) is 0 Å². The molecule has 6 aliphatic rings. The van der Waals surface area contributed by atoms with E-state index in [-0.39, 0.29) is 41.5 Å². The molecule has 5 fully saturated rings. The molecule has 6 heteroatoms. The van der Waals surface area contributed by atoms with Gasteiger partial charge in [-0.15, -0.1) is 0 Å². The van der Waals surface area contributed by atoms with Gasteiger partial charge in [0.1, 0.15) is 18.7 Å². The van der Waals surface area contributed by atoms with E-state index in [1.165, 1.54) is 11.3 Å². The fourth-order valence-electron chi connectivity index (χ4n) is 9.96. The quantitative estimate of drug-likeness (QED) is 0.546. The SMILES string of the molecule is CC[C@@H]1[C@@H]2C[C@H]3[C@@H]4N(C)c5ccccc5[C@]45C[C@@H]([C@@H]2[C@H]5O)[N@@+]3(C[C@H](O)CN(CC)CC)[C@@H]1O. The maximum Gasteiger partial charge on any atom is 0.194 e. The molecule has 5 aliphatic heterocycles. The van der Waals surface area contributed by atoms with Crippen molar-refractivity contribution in [2.45, 2.75) is 82.0 Å². The van der Waals surface area contributed by atoms with Crippen LogP contribution < -0.4 is 4.90 Å². The van der Waals surface area contributed by atoms with Gasteiger partial charge in [-0.1, -0.05) is 39.0 Å². The van der Waals surface area contributed by atoms with Crippen molar-refractivity contribution in [3.05, 3.63) is 29.8 Å². The average Bonchev–Trinajstić information content (AvgIpc) is 3.20. The minimum absolute atomic E-state index is 0.171. The minimum Gasteiger partial charge on any atom is -0.392 e. The average molecular weight is 457 g/mol. The fourth-order valence-corrected chi connectivity index (χ4v) is 9.96. The van der Waals surface area contributed by atoms with Gasteiger partial charge < -0.3 is 25.1 Å². The van der Waals surface area contributed by atoms with Crippen LogP contribution in [0, 0.1) is 17.8 Å². The first-order valence-corrected chi connectivity index (χ1v) is 13.3. The van der Waals surface area contributed by atoms with Crippen LogP contribution in [0.5, 0.6) is 0 Å². The van der Waals surface area contributed by atoms with E-state index in [9.17, 15) is 15.3 Å². The van der Waals surface area contributed by atoms with Gasteiger partial charge in [0.15, 0.2) is 6.23 Å². The van der Waals surface area contributed by atoms with Crippen LogP contribution in [-0.4, -0.2) is 94.5 Å². The number of anilines is 1. The number of rotatable bonds is 7. The monoisotopic (exact) mass is 456 g/mol. The molecule has 1 saturated carbocycles. The Kier molecular flexibility index (Phi) is 5.01. The number of nitrogens with zero attached hydrogens (tertiary/aromatic N) is 3. The molecule has 33 heavy (non-hydrogen) atoms. The fraction of sp³-hybridized carbons (Fsp3) is 0.778. The van der Waals surface area contributed by atoms with Crippen molar-refractivity contribution < 1.29 is 19.8 Å². The number of fused-ring (bicyclic) bond motifs is 2. The summed E-state index contributed by atoms with van der Waals surface area (Å²) in [4.78, 5) is 4.71. The molecule has 0 unspecified atom stereocenters. The van der Waals surface area contributed by atoms with Gasteiger partial charge in [-0.05, 0) is 37.1 Å². The van der Waals surface area contributed by atoms with Gasteiger partial charge >= 0.3 is 0 Å². The Labute approximate surface area is 198 Å². The molecule has 1 aliphatic carbocycles. The molecule has 4 saturated heterocycles. The Bertz CT molecular complexity index is 924. The molecule has 0 radical (unpaired) electrons. The Morgan fingerprint density at radius 3 is 2.58 bits per heavy atom. The lowest BCUT2D eigenvalue weighted by Crippen LogP contribution is -2.84. The molecule has 7 rings (SSSR count). The number of quaternary nitrogens is 1. The van der Waals surface area contributed by atoms with Crippen molar-refractivity contribution in [2.75, 3.05) is 38.1 Å². The summed E-state index contributed by atoms with van der Waals surface area (Å²) in [7, 11) is 2.19. The summed E-state index contributed by atoms with van der Waals surface area (Å²) in [5.41, 5.74) is 2.32. The number of hydrogen-bond donors (Lipinski definition) is 3. The third-order valence-corrected chi connectivity index (χ3v) is 11.0. The molecular weight excluding hydrogens is 414 g/mol. The smallest absolute Gasteiger partial charge is 0.194 e. The maximum absolute atomic E-state index is 12.1. The van der Waals surface area contributed by atoms with E-state index in [0.717, 1.165) is 32.4 Å². The Hall–Kier alpha value is -1.18. The van der Waals surface area contributed by atoms with Crippen LogP contribution in [0.15, 0.2) is 24.3 Å². The molecule has 11 atom stereocenters. The zero-order chi connectivity index (χ0) is 23.3. The van der Waals surface area contributed by atoms with E-state index in [1.54, 1.807) is 0 Å². The molecule has 0 aromatic heterocycles. The van der Waals surface area contributed by atoms with Gasteiger partial charge in [-0.3, -0.25) is 4.48 Å².